The standard InChI is InChI=1S/C23H28F3N3O4/c1-4-33-20-11-15(5-6-19(20)31-2)14-29-9-7-16(8-10-29)28-21-12-18(23(24,25)26)17(13-27-21)22(30)32-3/h5-6,11-13,16H,4,7-10,14H2,1-3H3,(H,27,28). The number of alkyl halides is 3. The van der Waals surface area contributed by atoms with E-state index in [0.29, 0.717) is 18.1 Å². The summed E-state index contributed by atoms with van der Waals surface area (Å²) in [6.45, 7) is 4.75. The van der Waals surface area contributed by atoms with Crippen molar-refractivity contribution in [1.82, 2.24) is 9.88 Å². The highest BCUT2D eigenvalue weighted by Gasteiger charge is 2.36. The van der Waals surface area contributed by atoms with Crippen molar-refractivity contribution in [1.29, 1.82) is 0 Å². The quantitative estimate of drug-likeness (QED) is 0.578. The van der Waals surface area contributed by atoms with E-state index in [9.17, 15) is 18.0 Å². The predicted octanol–water partition coefficient (Wildman–Crippen LogP) is 4.37. The lowest BCUT2D eigenvalue weighted by Gasteiger charge is -2.32. The first-order chi connectivity index (χ1) is 15.7. The Hall–Kier alpha value is -3.01. The van der Waals surface area contributed by atoms with Gasteiger partial charge < -0.3 is 19.5 Å². The highest BCUT2D eigenvalue weighted by Crippen LogP contribution is 2.34. The summed E-state index contributed by atoms with van der Waals surface area (Å²) in [4.78, 5) is 17.9. The number of nitrogens with one attached hydrogen (secondary N) is 1. The fraction of sp³-hybridized carbons (Fsp3) is 0.478. The second-order valence-corrected chi connectivity index (χ2v) is 7.72. The van der Waals surface area contributed by atoms with Crippen LogP contribution < -0.4 is 14.8 Å². The second-order valence-electron chi connectivity index (χ2n) is 7.72. The van der Waals surface area contributed by atoms with Crippen LogP contribution in [0.4, 0.5) is 19.0 Å². The average Bonchev–Trinajstić information content (AvgIpc) is 2.80. The molecule has 0 amide bonds. The molecule has 1 N–H and O–H groups in total. The molecule has 0 saturated carbocycles. The average molecular weight is 467 g/mol. The number of esters is 1. The van der Waals surface area contributed by atoms with Gasteiger partial charge in [-0.05, 0) is 43.5 Å². The first-order valence-corrected chi connectivity index (χ1v) is 10.7. The summed E-state index contributed by atoms with van der Waals surface area (Å²) in [7, 11) is 2.64. The summed E-state index contributed by atoms with van der Waals surface area (Å²) >= 11 is 0. The van der Waals surface area contributed by atoms with Gasteiger partial charge in [0.25, 0.3) is 0 Å². The Bertz CT molecular complexity index is 960. The summed E-state index contributed by atoms with van der Waals surface area (Å²) in [5.41, 5.74) is -0.564. The monoisotopic (exact) mass is 467 g/mol. The number of piperidine rings is 1. The Kier molecular flexibility index (Phi) is 8.01. The fourth-order valence-corrected chi connectivity index (χ4v) is 3.83. The minimum atomic E-state index is -4.69. The number of carbonyl (C=O) groups is 1. The van der Waals surface area contributed by atoms with E-state index < -0.39 is 23.3 Å². The number of methoxy groups -OCH3 is 2. The zero-order valence-corrected chi connectivity index (χ0v) is 18.9. The van der Waals surface area contributed by atoms with Gasteiger partial charge in [0.2, 0.25) is 0 Å². The molecule has 0 atom stereocenters. The molecule has 7 nitrogen and oxygen atoms in total. The van der Waals surface area contributed by atoms with Gasteiger partial charge in [0.15, 0.2) is 11.5 Å². The Morgan fingerprint density at radius 3 is 2.52 bits per heavy atom. The molecule has 0 spiro atoms. The largest absolute Gasteiger partial charge is 0.493 e. The SMILES string of the molecule is CCOc1cc(CN2CCC(Nc3cc(C(F)(F)F)c(C(=O)OC)cn3)CC2)ccc1OC. The molecule has 2 aromatic rings. The van der Waals surface area contributed by atoms with Crippen molar-refractivity contribution in [2.24, 2.45) is 0 Å². The summed E-state index contributed by atoms with van der Waals surface area (Å²) in [5, 5.41) is 3.08. The molecule has 1 aliphatic rings. The normalized spacial score (nSPS) is 15.2. The van der Waals surface area contributed by atoms with Crippen molar-refractivity contribution >= 4 is 11.8 Å². The van der Waals surface area contributed by atoms with Crippen LogP contribution in [0, 0.1) is 0 Å². The van der Waals surface area contributed by atoms with Crippen LogP contribution in [-0.4, -0.2) is 55.8 Å². The van der Waals surface area contributed by atoms with Crippen molar-refractivity contribution in [3.05, 3.63) is 47.2 Å². The van der Waals surface area contributed by atoms with Gasteiger partial charge in [0, 0.05) is 31.9 Å². The van der Waals surface area contributed by atoms with Gasteiger partial charge in [-0.3, -0.25) is 4.90 Å². The third-order valence-corrected chi connectivity index (χ3v) is 5.49. The lowest BCUT2D eigenvalue weighted by atomic mass is 10.0. The molecule has 0 aliphatic carbocycles. The van der Waals surface area contributed by atoms with Gasteiger partial charge in [-0.1, -0.05) is 6.07 Å². The Morgan fingerprint density at radius 2 is 1.91 bits per heavy atom. The van der Waals surface area contributed by atoms with E-state index in [2.05, 4.69) is 19.9 Å². The van der Waals surface area contributed by atoms with Crippen molar-refractivity contribution in [2.75, 3.05) is 39.2 Å². The maximum Gasteiger partial charge on any atom is 0.417 e. The molecule has 1 aliphatic heterocycles. The van der Waals surface area contributed by atoms with E-state index in [-0.39, 0.29) is 11.9 Å². The van der Waals surface area contributed by atoms with E-state index in [1.165, 1.54) is 0 Å². The van der Waals surface area contributed by atoms with Gasteiger partial charge in [-0.25, -0.2) is 9.78 Å². The number of hydrogen-bond donors (Lipinski definition) is 1. The van der Waals surface area contributed by atoms with Crippen LogP contribution in [0.5, 0.6) is 11.5 Å². The molecule has 1 aromatic heterocycles. The van der Waals surface area contributed by atoms with Crippen LogP contribution >= 0.6 is 0 Å². The van der Waals surface area contributed by atoms with E-state index in [4.69, 9.17) is 9.47 Å². The molecule has 0 radical (unpaired) electrons. The summed E-state index contributed by atoms with van der Waals surface area (Å²) in [5.74, 6) is 0.411. The number of rotatable bonds is 8. The topological polar surface area (TPSA) is 72.9 Å². The van der Waals surface area contributed by atoms with Gasteiger partial charge in [0.1, 0.15) is 5.82 Å². The Labute approximate surface area is 190 Å². The third kappa shape index (κ3) is 6.28. The minimum absolute atomic E-state index is 0.0198. The van der Waals surface area contributed by atoms with Crippen molar-refractivity contribution in [3.8, 4) is 11.5 Å². The van der Waals surface area contributed by atoms with Crippen molar-refractivity contribution < 1.29 is 32.2 Å². The number of likely N-dealkylation sites (tertiary alicyclic amines) is 1. The van der Waals surface area contributed by atoms with E-state index in [1.54, 1.807) is 7.11 Å². The zero-order chi connectivity index (χ0) is 24.0. The Morgan fingerprint density at radius 1 is 1.18 bits per heavy atom. The van der Waals surface area contributed by atoms with Crippen LogP contribution in [0.1, 0.15) is 41.3 Å². The summed E-state index contributed by atoms with van der Waals surface area (Å²) < 4.78 is 55.6. The Balaban J connectivity index is 1.61. The maximum atomic E-state index is 13.4. The number of carbonyl (C=O) groups excluding carboxylic acids is 1. The fourth-order valence-electron chi connectivity index (χ4n) is 3.83. The molecule has 0 bridgehead atoms. The van der Waals surface area contributed by atoms with Gasteiger partial charge in [-0.15, -0.1) is 0 Å². The predicted molar refractivity (Wildman–Crippen MR) is 117 cm³/mol. The second kappa shape index (κ2) is 10.7. The van der Waals surface area contributed by atoms with Gasteiger partial charge >= 0.3 is 12.1 Å². The molecule has 3 rings (SSSR count). The molecule has 2 heterocycles. The van der Waals surface area contributed by atoms with Crippen molar-refractivity contribution in [3.63, 3.8) is 0 Å². The van der Waals surface area contributed by atoms with E-state index in [1.807, 2.05) is 25.1 Å². The summed E-state index contributed by atoms with van der Waals surface area (Å²) in [6.07, 6.45) is -2.29. The van der Waals surface area contributed by atoms with Crippen LogP contribution in [-0.2, 0) is 17.5 Å². The number of ether oxygens (including phenoxy) is 3. The smallest absolute Gasteiger partial charge is 0.417 e. The zero-order valence-electron chi connectivity index (χ0n) is 18.9. The first kappa shape index (κ1) is 24.6. The number of anilines is 1. The van der Waals surface area contributed by atoms with Gasteiger partial charge in [0.05, 0.1) is 32.0 Å². The molecular formula is C23H28F3N3O4. The highest BCUT2D eigenvalue weighted by atomic mass is 19.4. The van der Waals surface area contributed by atoms with E-state index >= 15 is 0 Å². The molecule has 1 aromatic carbocycles. The number of nitrogens with zero attached hydrogens (tertiary/aromatic N) is 2. The lowest BCUT2D eigenvalue weighted by Crippen LogP contribution is -2.38. The molecule has 0 unspecified atom stereocenters. The van der Waals surface area contributed by atoms with Crippen molar-refractivity contribution in [2.45, 2.75) is 38.5 Å². The molecule has 1 saturated heterocycles. The number of benzene rings is 1. The van der Waals surface area contributed by atoms with E-state index in [0.717, 1.165) is 57.4 Å². The lowest BCUT2D eigenvalue weighted by molar-refractivity contribution is -0.138. The third-order valence-electron chi connectivity index (χ3n) is 5.49. The van der Waals surface area contributed by atoms with Crippen LogP contribution in [0.2, 0.25) is 0 Å². The summed E-state index contributed by atoms with van der Waals surface area (Å²) in [6, 6.07) is 6.70. The van der Waals surface area contributed by atoms with Crippen LogP contribution in [0.25, 0.3) is 0 Å². The minimum Gasteiger partial charge on any atom is -0.493 e. The molecule has 1 fully saturated rings. The number of aromatic nitrogens is 1. The molecule has 180 valence electrons. The van der Waals surface area contributed by atoms with Crippen LogP contribution in [0.3, 0.4) is 0 Å². The molecular weight excluding hydrogens is 439 g/mol. The maximum absolute atomic E-state index is 13.4. The number of hydrogen-bond acceptors (Lipinski definition) is 7. The van der Waals surface area contributed by atoms with Gasteiger partial charge in [-0.2, -0.15) is 13.2 Å². The number of halogens is 3. The molecule has 10 heteroatoms. The van der Waals surface area contributed by atoms with Crippen LogP contribution in [0.15, 0.2) is 30.5 Å². The highest BCUT2D eigenvalue weighted by molar-refractivity contribution is 5.91. The first-order valence-electron chi connectivity index (χ1n) is 10.7. The molecule has 33 heavy (non-hydrogen) atoms. The number of pyridine rings is 1.